The van der Waals surface area contributed by atoms with Gasteiger partial charge in [0.25, 0.3) is 0 Å². The molecule has 0 aromatic carbocycles. The van der Waals surface area contributed by atoms with E-state index in [1.165, 1.54) is 6.07 Å². The van der Waals surface area contributed by atoms with Gasteiger partial charge >= 0.3 is 6.15 Å². The van der Waals surface area contributed by atoms with Crippen LogP contribution in [0.5, 0.6) is 0 Å². The van der Waals surface area contributed by atoms with E-state index in [1.807, 2.05) is 0 Å². The van der Waals surface area contributed by atoms with E-state index in [-0.39, 0.29) is 10.8 Å². The lowest BCUT2D eigenvalue weighted by atomic mass is 10.3. The van der Waals surface area contributed by atoms with E-state index in [0.29, 0.717) is 11.4 Å². The molecule has 0 bridgehead atoms. The van der Waals surface area contributed by atoms with Crippen molar-refractivity contribution in [3.05, 3.63) is 22.2 Å². The lowest BCUT2D eigenvalue weighted by Gasteiger charge is -1.99. The zero-order valence-electron chi connectivity index (χ0n) is 6.67. The van der Waals surface area contributed by atoms with Crippen molar-refractivity contribution in [1.29, 1.82) is 0 Å². The number of rotatable bonds is 0. The highest BCUT2D eigenvalue weighted by Gasteiger charge is 2.02. The van der Waals surface area contributed by atoms with Crippen LogP contribution in [-0.4, -0.2) is 11.1 Å². The first-order valence-electron chi connectivity index (χ1n) is 3.10. The van der Waals surface area contributed by atoms with Crippen molar-refractivity contribution in [2.45, 2.75) is 6.92 Å². The second kappa shape index (κ2) is 5.40. The molecule has 0 spiro atoms. The number of nitrogens with zero attached hydrogens (tertiary/aromatic N) is 1. The van der Waals surface area contributed by atoms with Crippen LogP contribution in [0.2, 0.25) is 0 Å². The van der Waals surface area contributed by atoms with Crippen molar-refractivity contribution < 1.29 is 14.0 Å². The number of aromatic nitrogens is 1. The molecule has 1 rings (SSSR count). The predicted molar refractivity (Wildman–Crippen MR) is 46.1 cm³/mol. The summed E-state index contributed by atoms with van der Waals surface area (Å²) in [7, 11) is 0. The summed E-state index contributed by atoms with van der Waals surface area (Å²) in [5.74, 6) is -0.428. The smallest absolute Gasteiger partial charge is 0.373 e. The topological polar surface area (TPSA) is 73.0 Å². The third kappa shape index (κ3) is 3.78. The first-order chi connectivity index (χ1) is 6.02. The Kier molecular flexibility index (Phi) is 4.87. The van der Waals surface area contributed by atoms with Crippen molar-refractivity contribution >= 4 is 27.8 Å². The number of nitrogen functional groups attached to an aromatic ring is 1. The molecule has 6 heteroatoms. The molecule has 70 valence electrons. The Morgan fingerprint density at radius 3 is 2.46 bits per heavy atom. The molecule has 1 heterocycles. The minimum Gasteiger partial charge on any atom is -0.397 e. The summed E-state index contributed by atoms with van der Waals surface area (Å²) in [6.07, 6.45) is 0.250. The molecule has 0 unspecified atom stereocenters. The van der Waals surface area contributed by atoms with Crippen LogP contribution >= 0.6 is 15.9 Å². The van der Waals surface area contributed by atoms with Crippen LogP contribution in [0.15, 0.2) is 10.7 Å². The molecule has 1 aromatic rings. The molecule has 13 heavy (non-hydrogen) atoms. The van der Waals surface area contributed by atoms with E-state index in [9.17, 15) is 4.39 Å². The van der Waals surface area contributed by atoms with Crippen molar-refractivity contribution in [1.82, 2.24) is 4.98 Å². The Balaban J connectivity index is 0.000000424. The van der Waals surface area contributed by atoms with E-state index < -0.39 is 5.82 Å². The molecule has 0 aliphatic rings. The predicted octanol–water partition coefficient (Wildman–Crippen LogP) is 1.29. The summed E-state index contributed by atoms with van der Waals surface area (Å²) in [5, 5.41) is 0. The van der Waals surface area contributed by atoms with Crippen LogP contribution in [0.25, 0.3) is 0 Å². The van der Waals surface area contributed by atoms with Gasteiger partial charge in [-0.1, -0.05) is 0 Å². The van der Waals surface area contributed by atoms with E-state index in [4.69, 9.17) is 15.3 Å². The van der Waals surface area contributed by atoms with Gasteiger partial charge in [-0.05, 0) is 22.9 Å². The maximum absolute atomic E-state index is 12.6. The summed E-state index contributed by atoms with van der Waals surface area (Å²) in [6.45, 7) is 1.72. The monoisotopic (exact) mass is 248 g/mol. The Labute approximate surface area is 82.1 Å². The Hall–Kier alpha value is -1.26. The van der Waals surface area contributed by atoms with Gasteiger partial charge in [-0.25, -0.2) is 9.37 Å². The number of hydrogen-bond acceptors (Lipinski definition) is 4. The van der Waals surface area contributed by atoms with Crippen LogP contribution in [0.1, 0.15) is 5.69 Å². The molecule has 0 saturated carbocycles. The first kappa shape index (κ1) is 11.7. The van der Waals surface area contributed by atoms with Crippen molar-refractivity contribution in [2.75, 3.05) is 5.73 Å². The van der Waals surface area contributed by atoms with Crippen molar-refractivity contribution in [3.63, 3.8) is 0 Å². The number of anilines is 1. The maximum atomic E-state index is 12.6. The third-order valence-corrected chi connectivity index (χ3v) is 1.72. The fourth-order valence-corrected chi connectivity index (χ4v) is 0.946. The zero-order chi connectivity index (χ0) is 10.4. The lowest BCUT2D eigenvalue weighted by Crippen LogP contribution is -1.95. The minimum atomic E-state index is -0.428. The number of carbonyl (C=O) groups excluding carboxylic acids is 2. The Morgan fingerprint density at radius 1 is 1.62 bits per heavy atom. The standard InChI is InChI=1S/C6H6BrFN2.CO2/c1-3-5(9)2-4(8)6(7)10-3;2-1-3/h2H,9H2,1H3;. The highest BCUT2D eigenvalue weighted by Crippen LogP contribution is 2.17. The van der Waals surface area contributed by atoms with Crippen molar-refractivity contribution in [2.24, 2.45) is 0 Å². The van der Waals surface area contributed by atoms with E-state index >= 15 is 0 Å². The maximum Gasteiger partial charge on any atom is 0.373 e. The van der Waals surface area contributed by atoms with Gasteiger partial charge in [-0.3, -0.25) is 0 Å². The quantitative estimate of drug-likeness (QED) is 0.703. The normalized spacial score (nSPS) is 8.23. The highest BCUT2D eigenvalue weighted by atomic mass is 79.9. The van der Waals surface area contributed by atoms with Gasteiger partial charge in [0.15, 0.2) is 5.82 Å². The molecule has 1 aromatic heterocycles. The number of hydrogen-bond donors (Lipinski definition) is 1. The van der Waals surface area contributed by atoms with Crippen molar-refractivity contribution in [3.8, 4) is 0 Å². The van der Waals surface area contributed by atoms with Gasteiger partial charge in [0.05, 0.1) is 11.4 Å². The largest absolute Gasteiger partial charge is 0.397 e. The molecular weight excluding hydrogens is 243 g/mol. The van der Waals surface area contributed by atoms with Crippen LogP contribution < -0.4 is 5.73 Å². The fraction of sp³-hybridized carbons (Fsp3) is 0.143. The van der Waals surface area contributed by atoms with E-state index in [0.717, 1.165) is 0 Å². The minimum absolute atomic E-state index is 0.208. The molecule has 0 amide bonds. The molecule has 0 radical (unpaired) electrons. The molecule has 0 saturated heterocycles. The van der Waals surface area contributed by atoms with Crippen LogP contribution in [0, 0.1) is 12.7 Å². The summed E-state index contributed by atoms with van der Waals surface area (Å²) < 4.78 is 12.8. The van der Waals surface area contributed by atoms with Crippen LogP contribution in [0.3, 0.4) is 0 Å². The lowest BCUT2D eigenvalue weighted by molar-refractivity contribution is -0.191. The highest BCUT2D eigenvalue weighted by molar-refractivity contribution is 9.10. The number of halogens is 2. The van der Waals surface area contributed by atoms with Gasteiger partial charge in [0.1, 0.15) is 4.60 Å². The number of pyridine rings is 1. The van der Waals surface area contributed by atoms with Gasteiger partial charge in [-0.2, -0.15) is 9.59 Å². The Morgan fingerprint density at radius 2 is 2.08 bits per heavy atom. The van der Waals surface area contributed by atoms with E-state index in [2.05, 4.69) is 20.9 Å². The SMILES string of the molecule is Cc1nc(Br)c(F)cc1N.O=C=O. The molecule has 0 aliphatic heterocycles. The van der Waals surface area contributed by atoms with Gasteiger partial charge in [0, 0.05) is 6.07 Å². The second-order valence-corrected chi connectivity index (χ2v) is 2.77. The first-order valence-corrected chi connectivity index (χ1v) is 3.89. The zero-order valence-corrected chi connectivity index (χ0v) is 8.26. The Bertz CT molecular complexity index is 287. The average molecular weight is 249 g/mol. The second-order valence-electron chi connectivity index (χ2n) is 2.02. The molecular formula is C7H6BrFN2O2. The number of aryl methyl sites for hydroxylation is 1. The molecule has 0 fully saturated rings. The molecule has 0 aliphatic carbocycles. The summed E-state index contributed by atoms with van der Waals surface area (Å²) in [5.41, 5.74) is 6.37. The van der Waals surface area contributed by atoms with Crippen LogP contribution in [0.4, 0.5) is 10.1 Å². The fourth-order valence-electron chi connectivity index (χ4n) is 0.566. The molecule has 4 nitrogen and oxygen atoms in total. The van der Waals surface area contributed by atoms with Gasteiger partial charge in [-0.15, -0.1) is 0 Å². The summed E-state index contributed by atoms with van der Waals surface area (Å²) >= 11 is 2.94. The average Bonchev–Trinajstić information content (AvgIpc) is 2.03. The summed E-state index contributed by atoms with van der Waals surface area (Å²) in [6, 6.07) is 1.24. The van der Waals surface area contributed by atoms with Gasteiger partial charge < -0.3 is 5.73 Å². The van der Waals surface area contributed by atoms with Gasteiger partial charge in [0.2, 0.25) is 0 Å². The van der Waals surface area contributed by atoms with E-state index in [1.54, 1.807) is 6.92 Å². The summed E-state index contributed by atoms with van der Waals surface area (Å²) in [4.78, 5) is 20.0. The van der Waals surface area contributed by atoms with Crippen LogP contribution in [-0.2, 0) is 9.59 Å². The molecule has 2 N–H and O–H groups in total. The molecule has 0 atom stereocenters. The third-order valence-electron chi connectivity index (χ3n) is 1.16. The number of nitrogens with two attached hydrogens (primary N) is 1.